The number of hydrogen-bond donors (Lipinski definition) is 0. The molecule has 330 valence electrons. The van der Waals surface area contributed by atoms with Crippen molar-refractivity contribution < 1.29 is 8.83 Å². The molecule has 3 unspecified atom stereocenters. The highest BCUT2D eigenvalue weighted by Gasteiger charge is 2.31. The maximum absolute atomic E-state index is 6.48. The van der Waals surface area contributed by atoms with Crippen LogP contribution in [0.3, 0.4) is 0 Å². The van der Waals surface area contributed by atoms with Crippen molar-refractivity contribution in [3.63, 3.8) is 0 Å². The van der Waals surface area contributed by atoms with Crippen LogP contribution in [0.4, 0.5) is 0 Å². The van der Waals surface area contributed by atoms with Crippen LogP contribution in [0.2, 0.25) is 0 Å². The number of likely N-dealkylation sites (tertiary alicyclic amines) is 1. The van der Waals surface area contributed by atoms with Gasteiger partial charge in [-0.1, -0.05) is 79.1 Å². The Bertz CT molecular complexity index is 2500. The first-order valence-corrected chi connectivity index (χ1v) is 24.7. The zero-order chi connectivity index (χ0) is 42.4. The SMILES string of the molecule is Cc1ccc(C2CCCCN(CCCCn3cc(-c4coc(C5CCCC(N6CCN(CCCCn7cc(-c8ccoc8)c8ccccc87)CC6)C5)c4)c4ccccc43)CC2)cc1. The second-order valence-electron chi connectivity index (χ2n) is 19.3. The summed E-state index contributed by atoms with van der Waals surface area (Å²) in [5, 5.41) is 2.65. The van der Waals surface area contributed by atoms with Crippen molar-refractivity contribution in [2.75, 3.05) is 52.4 Å². The molecule has 0 amide bonds. The van der Waals surface area contributed by atoms with Crippen molar-refractivity contribution >= 4 is 21.8 Å². The number of furan rings is 2. The molecule has 7 heteroatoms. The molecule has 3 atom stereocenters. The van der Waals surface area contributed by atoms with E-state index in [0.29, 0.717) is 17.9 Å². The first-order chi connectivity index (χ1) is 31.1. The molecule has 0 radical (unpaired) electrons. The van der Waals surface area contributed by atoms with E-state index in [9.17, 15) is 0 Å². The number of nitrogens with zero attached hydrogens (tertiary/aromatic N) is 5. The summed E-state index contributed by atoms with van der Waals surface area (Å²) in [6.07, 6.45) is 25.6. The van der Waals surface area contributed by atoms with Gasteiger partial charge in [0, 0.05) is 108 Å². The minimum atomic E-state index is 0.498. The molecule has 0 N–H and O–H groups in total. The third-order valence-corrected chi connectivity index (χ3v) is 15.2. The average Bonchev–Trinajstić information content (AvgIpc) is 4.15. The number of fused-ring (bicyclic) bond motifs is 2. The van der Waals surface area contributed by atoms with Crippen molar-refractivity contribution in [2.24, 2.45) is 0 Å². The summed E-state index contributed by atoms with van der Waals surface area (Å²) in [6, 6.07) is 32.2. The summed E-state index contributed by atoms with van der Waals surface area (Å²) in [7, 11) is 0. The van der Waals surface area contributed by atoms with Crippen LogP contribution in [0.5, 0.6) is 0 Å². The number of para-hydroxylation sites is 2. The number of piperazine rings is 1. The van der Waals surface area contributed by atoms with Gasteiger partial charge in [0.2, 0.25) is 0 Å². The third-order valence-electron chi connectivity index (χ3n) is 15.2. The van der Waals surface area contributed by atoms with Gasteiger partial charge in [-0.2, -0.15) is 0 Å². The molecular weight excluding hydrogens is 775 g/mol. The highest BCUT2D eigenvalue weighted by atomic mass is 16.3. The van der Waals surface area contributed by atoms with E-state index in [1.165, 1.54) is 185 Å². The minimum absolute atomic E-state index is 0.498. The highest BCUT2D eigenvalue weighted by molar-refractivity contribution is 5.96. The molecule has 7 nitrogen and oxygen atoms in total. The number of rotatable bonds is 15. The van der Waals surface area contributed by atoms with E-state index in [1.54, 1.807) is 6.26 Å². The summed E-state index contributed by atoms with van der Waals surface area (Å²) in [4.78, 5) is 8.26. The van der Waals surface area contributed by atoms with Crippen molar-refractivity contribution in [1.82, 2.24) is 23.8 Å². The number of benzene rings is 3. The van der Waals surface area contributed by atoms with E-state index in [0.717, 1.165) is 18.7 Å². The number of hydrogen-bond acceptors (Lipinski definition) is 5. The van der Waals surface area contributed by atoms with Crippen LogP contribution in [0.25, 0.3) is 44.1 Å². The molecule has 3 fully saturated rings. The minimum Gasteiger partial charge on any atom is -0.472 e. The van der Waals surface area contributed by atoms with Gasteiger partial charge in [-0.15, -0.1) is 0 Å². The van der Waals surface area contributed by atoms with Crippen LogP contribution >= 0.6 is 0 Å². The normalized spacial score (nSPS) is 21.0. The van der Waals surface area contributed by atoms with Crippen molar-refractivity contribution in [3.8, 4) is 22.3 Å². The number of unbranched alkanes of at least 4 members (excludes halogenated alkanes) is 2. The van der Waals surface area contributed by atoms with Crippen molar-refractivity contribution in [2.45, 2.75) is 115 Å². The van der Waals surface area contributed by atoms with Gasteiger partial charge in [-0.3, -0.25) is 4.90 Å². The molecule has 2 aliphatic heterocycles. The molecule has 2 saturated heterocycles. The van der Waals surface area contributed by atoms with Gasteiger partial charge in [0.15, 0.2) is 0 Å². The van der Waals surface area contributed by atoms with Crippen LogP contribution in [0.1, 0.15) is 106 Å². The largest absolute Gasteiger partial charge is 0.472 e. The number of aryl methyl sites for hydroxylation is 3. The predicted octanol–water partition coefficient (Wildman–Crippen LogP) is 13.0. The summed E-state index contributed by atoms with van der Waals surface area (Å²) < 4.78 is 16.8. The summed E-state index contributed by atoms with van der Waals surface area (Å²) in [6.45, 7) is 13.9. The molecule has 10 rings (SSSR count). The molecule has 3 aliphatic rings. The molecule has 6 heterocycles. The van der Waals surface area contributed by atoms with Gasteiger partial charge in [0.1, 0.15) is 5.76 Å². The second kappa shape index (κ2) is 19.9. The van der Waals surface area contributed by atoms with Gasteiger partial charge in [-0.05, 0) is 133 Å². The van der Waals surface area contributed by atoms with E-state index in [-0.39, 0.29) is 0 Å². The third kappa shape index (κ3) is 9.82. The maximum Gasteiger partial charge on any atom is 0.107 e. The van der Waals surface area contributed by atoms with E-state index in [1.807, 2.05) is 12.5 Å². The predicted molar refractivity (Wildman–Crippen MR) is 260 cm³/mol. The van der Waals surface area contributed by atoms with E-state index in [2.05, 4.69) is 128 Å². The standard InChI is InChI=1S/C56H69N5O2/c1-43-20-22-45(23-21-43)44-13-6-7-26-57(31-24-44)27-8-10-30-61-40-53(51-17-3-5-19-55(51)61)48-38-56(63-42-48)46-14-12-15-49(37-46)59-34-32-58(33-35-59)28-9-11-29-60-39-52(47-25-36-62-41-47)50-16-2-4-18-54(50)60/h2-5,16-23,25,36,38-42,44,46,49H,6-15,24,26-35,37H2,1H3. The van der Waals surface area contributed by atoms with Gasteiger partial charge < -0.3 is 27.8 Å². The lowest BCUT2D eigenvalue weighted by Crippen LogP contribution is -2.51. The first kappa shape index (κ1) is 42.1. The van der Waals surface area contributed by atoms with Crippen molar-refractivity contribution in [3.05, 3.63) is 133 Å². The summed E-state index contributed by atoms with van der Waals surface area (Å²) in [5.74, 6) is 2.39. The van der Waals surface area contributed by atoms with Crippen LogP contribution in [-0.2, 0) is 13.1 Å². The fourth-order valence-corrected chi connectivity index (χ4v) is 11.5. The molecule has 0 bridgehead atoms. The van der Waals surface area contributed by atoms with E-state index < -0.39 is 0 Å². The quantitative estimate of drug-likeness (QED) is 0.0962. The molecule has 0 spiro atoms. The van der Waals surface area contributed by atoms with E-state index in [4.69, 9.17) is 8.83 Å². The average molecular weight is 844 g/mol. The molecule has 1 aliphatic carbocycles. The zero-order valence-electron chi connectivity index (χ0n) is 37.8. The summed E-state index contributed by atoms with van der Waals surface area (Å²) >= 11 is 0. The lowest BCUT2D eigenvalue weighted by Gasteiger charge is -2.42. The zero-order valence-corrected chi connectivity index (χ0v) is 37.8. The van der Waals surface area contributed by atoms with Crippen LogP contribution in [0.15, 0.2) is 125 Å². The Balaban J connectivity index is 0.689. The van der Waals surface area contributed by atoms with Crippen LogP contribution in [0, 0.1) is 6.92 Å². The Morgan fingerprint density at radius 2 is 1.21 bits per heavy atom. The van der Waals surface area contributed by atoms with Gasteiger partial charge in [0.25, 0.3) is 0 Å². The lowest BCUT2D eigenvalue weighted by atomic mass is 9.83. The second-order valence-corrected chi connectivity index (χ2v) is 19.3. The topological polar surface area (TPSA) is 45.9 Å². The fourth-order valence-electron chi connectivity index (χ4n) is 11.5. The molecule has 1 saturated carbocycles. The fraction of sp³-hybridized carbons (Fsp3) is 0.464. The molecule has 3 aromatic carbocycles. The first-order valence-electron chi connectivity index (χ1n) is 24.7. The van der Waals surface area contributed by atoms with Gasteiger partial charge in [0.05, 0.1) is 18.8 Å². The van der Waals surface area contributed by atoms with Crippen LogP contribution < -0.4 is 0 Å². The van der Waals surface area contributed by atoms with Gasteiger partial charge in [-0.25, -0.2) is 0 Å². The smallest absolute Gasteiger partial charge is 0.107 e. The monoisotopic (exact) mass is 844 g/mol. The van der Waals surface area contributed by atoms with Crippen LogP contribution in [-0.4, -0.2) is 82.2 Å². The Morgan fingerprint density at radius 3 is 1.90 bits per heavy atom. The van der Waals surface area contributed by atoms with Crippen molar-refractivity contribution in [1.29, 1.82) is 0 Å². The Morgan fingerprint density at radius 1 is 0.556 bits per heavy atom. The molecule has 4 aromatic heterocycles. The molecule has 63 heavy (non-hydrogen) atoms. The maximum atomic E-state index is 6.48. The Kier molecular flexibility index (Phi) is 13.3. The Labute approximate surface area is 375 Å². The summed E-state index contributed by atoms with van der Waals surface area (Å²) in [5.41, 5.74) is 10.5. The van der Waals surface area contributed by atoms with Gasteiger partial charge >= 0.3 is 0 Å². The number of aromatic nitrogens is 2. The molecule has 7 aromatic rings. The Hall–Kier alpha value is -4.82. The van der Waals surface area contributed by atoms with E-state index >= 15 is 0 Å². The highest BCUT2D eigenvalue weighted by Crippen LogP contribution is 2.40. The lowest BCUT2D eigenvalue weighted by molar-refractivity contribution is 0.0721. The molecular formula is C56H69N5O2.